The highest BCUT2D eigenvalue weighted by Gasteiger charge is 2.35. The summed E-state index contributed by atoms with van der Waals surface area (Å²) in [7, 11) is 0. The summed E-state index contributed by atoms with van der Waals surface area (Å²) in [5.74, 6) is -1.09. The maximum atomic E-state index is 13.7. The van der Waals surface area contributed by atoms with Crippen molar-refractivity contribution in [3.8, 4) is 0 Å². The van der Waals surface area contributed by atoms with E-state index in [1.165, 1.54) is 12.1 Å². The highest BCUT2D eigenvalue weighted by molar-refractivity contribution is 5.87. The molecule has 1 fully saturated rings. The van der Waals surface area contributed by atoms with Crippen molar-refractivity contribution in [2.45, 2.75) is 45.4 Å². The molecule has 2 aromatic carbocycles. The molecule has 0 radical (unpaired) electrons. The number of benzene rings is 2. The van der Waals surface area contributed by atoms with Crippen LogP contribution in [0.5, 0.6) is 0 Å². The lowest BCUT2D eigenvalue weighted by Crippen LogP contribution is -2.50. The zero-order valence-electron chi connectivity index (χ0n) is 23.0. The number of aryl methyl sites for hydroxylation is 2. The molecule has 0 saturated carbocycles. The fourth-order valence-electron chi connectivity index (χ4n) is 4.39. The number of nitrogens with zero attached hydrogens (tertiary/aromatic N) is 4. The Kier molecular flexibility index (Phi) is 8.69. The van der Waals surface area contributed by atoms with E-state index >= 15 is 0 Å². The summed E-state index contributed by atoms with van der Waals surface area (Å²) in [6.45, 7) is 7.80. The second kappa shape index (κ2) is 12.0. The van der Waals surface area contributed by atoms with Crippen LogP contribution in [0.1, 0.15) is 48.0 Å². The highest BCUT2D eigenvalue weighted by atomic mass is 19.4. The van der Waals surface area contributed by atoms with Crippen LogP contribution < -0.4 is 10.2 Å². The van der Waals surface area contributed by atoms with Gasteiger partial charge in [0.2, 0.25) is 5.95 Å². The number of carbonyl (C=O) groups is 2. The number of ether oxygens (including phenoxy) is 1. The summed E-state index contributed by atoms with van der Waals surface area (Å²) in [5.41, 5.74) is 0.528. The van der Waals surface area contributed by atoms with Gasteiger partial charge in [0.15, 0.2) is 0 Å². The number of amides is 1. The van der Waals surface area contributed by atoms with Crippen LogP contribution in [0.15, 0.2) is 54.7 Å². The van der Waals surface area contributed by atoms with E-state index in [4.69, 9.17) is 4.74 Å². The molecule has 41 heavy (non-hydrogen) atoms. The Bertz CT molecular complexity index is 1380. The van der Waals surface area contributed by atoms with Crippen LogP contribution in [-0.4, -0.2) is 63.8 Å². The van der Waals surface area contributed by atoms with E-state index in [1.807, 2.05) is 32.9 Å². The van der Waals surface area contributed by atoms with Crippen molar-refractivity contribution in [1.29, 1.82) is 0 Å². The molecule has 0 aliphatic carbocycles. The Labute approximate surface area is 236 Å². The number of hydrogen-bond acceptors (Lipinski definition) is 7. The van der Waals surface area contributed by atoms with Gasteiger partial charge in [0.25, 0.3) is 0 Å². The van der Waals surface area contributed by atoms with Crippen molar-refractivity contribution in [3.05, 3.63) is 77.1 Å². The molecule has 1 saturated heterocycles. The maximum absolute atomic E-state index is 13.7. The molecule has 1 amide bonds. The van der Waals surface area contributed by atoms with E-state index in [0.717, 1.165) is 11.9 Å². The van der Waals surface area contributed by atoms with Crippen LogP contribution in [0.2, 0.25) is 0 Å². The molecular formula is C29H32F3N5O4. The van der Waals surface area contributed by atoms with Gasteiger partial charge in [0.1, 0.15) is 5.60 Å². The predicted octanol–water partition coefficient (Wildman–Crippen LogP) is 5.78. The van der Waals surface area contributed by atoms with E-state index in [9.17, 15) is 27.9 Å². The number of nitrogens with one attached hydrogen (secondary N) is 1. The zero-order chi connectivity index (χ0) is 29.8. The lowest BCUT2D eigenvalue weighted by Gasteiger charge is -2.36. The topological polar surface area (TPSA) is 108 Å². The first kappa shape index (κ1) is 29.6. The second-order valence-corrected chi connectivity index (χ2v) is 10.7. The van der Waals surface area contributed by atoms with Gasteiger partial charge in [0, 0.05) is 43.8 Å². The number of carboxylic acids is 1. The number of aromatic carboxylic acids is 1. The van der Waals surface area contributed by atoms with Crippen LogP contribution in [0.4, 0.5) is 35.3 Å². The summed E-state index contributed by atoms with van der Waals surface area (Å²) in [6, 6.07) is 13.4. The molecule has 0 unspecified atom stereocenters. The van der Waals surface area contributed by atoms with Crippen LogP contribution in [0.3, 0.4) is 0 Å². The van der Waals surface area contributed by atoms with Crippen LogP contribution in [0, 0.1) is 0 Å². The molecule has 0 spiro atoms. The van der Waals surface area contributed by atoms with Gasteiger partial charge < -0.3 is 25.0 Å². The SMILES string of the molecule is CC(C)(C)OC(=O)N1CCN(c2ccc(Nc3ncc(C(F)(F)F)c(CCc4cccc(C(=O)O)c4)n3)cc2)CC1. The van der Waals surface area contributed by atoms with Gasteiger partial charge in [0.05, 0.1) is 16.8 Å². The number of anilines is 3. The largest absolute Gasteiger partial charge is 0.478 e. The second-order valence-electron chi connectivity index (χ2n) is 10.7. The summed E-state index contributed by atoms with van der Waals surface area (Å²) in [5, 5.41) is 12.1. The first-order valence-electron chi connectivity index (χ1n) is 13.1. The van der Waals surface area contributed by atoms with Crippen LogP contribution >= 0.6 is 0 Å². The molecule has 0 atom stereocenters. The molecular weight excluding hydrogens is 539 g/mol. The minimum Gasteiger partial charge on any atom is -0.478 e. The van der Waals surface area contributed by atoms with Crippen molar-refractivity contribution >= 4 is 29.4 Å². The summed E-state index contributed by atoms with van der Waals surface area (Å²) < 4.78 is 46.4. The van der Waals surface area contributed by atoms with E-state index in [0.29, 0.717) is 37.4 Å². The van der Waals surface area contributed by atoms with Crippen LogP contribution in [-0.2, 0) is 23.8 Å². The van der Waals surface area contributed by atoms with E-state index in [-0.39, 0.29) is 36.1 Å². The molecule has 12 heteroatoms. The molecule has 1 aliphatic rings. The third-order valence-electron chi connectivity index (χ3n) is 6.42. The zero-order valence-corrected chi connectivity index (χ0v) is 23.0. The minimum atomic E-state index is -4.63. The number of aromatic nitrogens is 2. The average Bonchev–Trinajstić information content (AvgIpc) is 2.91. The normalized spacial score (nSPS) is 14.1. The quantitative estimate of drug-likeness (QED) is 0.368. The van der Waals surface area contributed by atoms with Crippen molar-refractivity contribution in [3.63, 3.8) is 0 Å². The van der Waals surface area contributed by atoms with Crippen molar-refractivity contribution < 1.29 is 32.6 Å². The van der Waals surface area contributed by atoms with E-state index < -0.39 is 23.3 Å². The number of carboxylic acid groups (broad SMARTS) is 1. The molecule has 1 aliphatic heterocycles. The number of carbonyl (C=O) groups excluding carboxylic acids is 1. The number of rotatable bonds is 7. The third kappa shape index (κ3) is 8.09. The molecule has 4 rings (SSSR count). The van der Waals surface area contributed by atoms with Gasteiger partial charge in [-0.2, -0.15) is 13.2 Å². The van der Waals surface area contributed by atoms with Gasteiger partial charge >= 0.3 is 18.2 Å². The van der Waals surface area contributed by atoms with Crippen molar-refractivity contribution in [1.82, 2.24) is 14.9 Å². The molecule has 1 aromatic heterocycles. The van der Waals surface area contributed by atoms with Gasteiger partial charge in [-0.1, -0.05) is 12.1 Å². The van der Waals surface area contributed by atoms with Crippen molar-refractivity contribution in [2.75, 3.05) is 36.4 Å². The molecule has 9 nitrogen and oxygen atoms in total. The Morgan fingerprint density at radius 2 is 1.68 bits per heavy atom. The number of hydrogen-bond donors (Lipinski definition) is 2. The van der Waals surface area contributed by atoms with Gasteiger partial charge in [-0.25, -0.2) is 19.6 Å². The van der Waals surface area contributed by atoms with E-state index in [2.05, 4.69) is 20.2 Å². The van der Waals surface area contributed by atoms with Crippen molar-refractivity contribution in [2.24, 2.45) is 0 Å². The predicted molar refractivity (Wildman–Crippen MR) is 148 cm³/mol. The maximum Gasteiger partial charge on any atom is 0.419 e. The lowest BCUT2D eigenvalue weighted by atomic mass is 10.0. The Morgan fingerprint density at radius 1 is 1.00 bits per heavy atom. The monoisotopic (exact) mass is 571 g/mol. The standard InChI is InChI=1S/C29H32F3N5O4/c1-28(2,3)41-27(40)37-15-13-36(14-16-37)22-10-8-21(9-11-22)34-26-33-18-23(29(30,31)32)24(35-26)12-7-19-5-4-6-20(17-19)25(38)39/h4-6,8-11,17-18H,7,12-16H2,1-3H3,(H,38,39)(H,33,34,35). The van der Waals surface area contributed by atoms with Crippen LogP contribution in [0.25, 0.3) is 0 Å². The Balaban J connectivity index is 1.41. The molecule has 3 aromatic rings. The number of halogens is 3. The fourth-order valence-corrected chi connectivity index (χ4v) is 4.39. The number of alkyl halides is 3. The Morgan fingerprint density at radius 3 is 2.29 bits per heavy atom. The third-order valence-corrected chi connectivity index (χ3v) is 6.42. The fraction of sp³-hybridized carbons (Fsp3) is 0.379. The molecule has 0 bridgehead atoms. The smallest absolute Gasteiger partial charge is 0.419 e. The minimum absolute atomic E-state index is 0.0195. The molecule has 218 valence electrons. The first-order valence-corrected chi connectivity index (χ1v) is 13.1. The van der Waals surface area contributed by atoms with Gasteiger partial charge in [-0.3, -0.25) is 0 Å². The number of piperazine rings is 1. The summed E-state index contributed by atoms with van der Waals surface area (Å²) in [6.07, 6.45) is -4.08. The summed E-state index contributed by atoms with van der Waals surface area (Å²) in [4.78, 5) is 35.4. The van der Waals surface area contributed by atoms with Gasteiger partial charge in [-0.05, 0) is 75.6 Å². The molecule has 2 heterocycles. The highest BCUT2D eigenvalue weighted by Crippen LogP contribution is 2.32. The average molecular weight is 572 g/mol. The summed E-state index contributed by atoms with van der Waals surface area (Å²) >= 11 is 0. The Hall–Kier alpha value is -4.35. The first-order chi connectivity index (χ1) is 19.3. The van der Waals surface area contributed by atoms with Gasteiger partial charge in [-0.15, -0.1) is 0 Å². The molecule has 2 N–H and O–H groups in total. The lowest BCUT2D eigenvalue weighted by molar-refractivity contribution is -0.138. The van der Waals surface area contributed by atoms with E-state index in [1.54, 1.807) is 29.2 Å².